The third-order valence-electron chi connectivity index (χ3n) is 2.12. The molecule has 0 bridgehead atoms. The highest BCUT2D eigenvalue weighted by Gasteiger charge is 2.13. The predicted octanol–water partition coefficient (Wildman–Crippen LogP) is 1.32. The van der Waals surface area contributed by atoms with Crippen molar-refractivity contribution < 1.29 is 5.11 Å². The van der Waals surface area contributed by atoms with Gasteiger partial charge in [-0.15, -0.1) is 0 Å². The van der Waals surface area contributed by atoms with E-state index in [1.165, 1.54) is 10.9 Å². The zero-order valence-electron chi connectivity index (χ0n) is 9.12. The van der Waals surface area contributed by atoms with Crippen LogP contribution in [0.3, 0.4) is 0 Å². The van der Waals surface area contributed by atoms with E-state index in [1.807, 2.05) is 29.5 Å². The lowest BCUT2D eigenvalue weighted by molar-refractivity contribution is 0.0658. The molecule has 0 aliphatic carbocycles. The standard InChI is InChI=1S/C10H15IN2O2/c1-7-8(11)9(14)13(6-12-7)5-4-10(2,3)15/h6,15H,4-5H2,1-3H3. The molecule has 1 rings (SSSR count). The smallest absolute Gasteiger partial charge is 0.267 e. The number of hydrogen-bond donors (Lipinski definition) is 1. The largest absolute Gasteiger partial charge is 0.390 e. The molecule has 0 aromatic carbocycles. The fourth-order valence-corrected chi connectivity index (χ4v) is 1.55. The highest BCUT2D eigenvalue weighted by molar-refractivity contribution is 14.1. The van der Waals surface area contributed by atoms with Gasteiger partial charge in [0.15, 0.2) is 0 Å². The molecule has 0 atom stereocenters. The highest BCUT2D eigenvalue weighted by atomic mass is 127. The molecule has 0 radical (unpaired) electrons. The zero-order chi connectivity index (χ0) is 11.6. The lowest BCUT2D eigenvalue weighted by Crippen LogP contribution is -2.28. The van der Waals surface area contributed by atoms with E-state index < -0.39 is 5.60 Å². The van der Waals surface area contributed by atoms with Gasteiger partial charge in [-0.2, -0.15) is 0 Å². The van der Waals surface area contributed by atoms with Crippen molar-refractivity contribution in [1.29, 1.82) is 0 Å². The topological polar surface area (TPSA) is 55.1 Å². The minimum absolute atomic E-state index is 0.0349. The molecule has 1 aromatic rings. The number of halogens is 1. The lowest BCUT2D eigenvalue weighted by atomic mass is 10.1. The summed E-state index contributed by atoms with van der Waals surface area (Å²) in [6, 6.07) is 0. The third kappa shape index (κ3) is 3.57. The van der Waals surface area contributed by atoms with E-state index in [0.29, 0.717) is 16.5 Å². The second kappa shape index (κ2) is 4.61. The maximum Gasteiger partial charge on any atom is 0.267 e. The van der Waals surface area contributed by atoms with Crippen molar-refractivity contribution in [1.82, 2.24) is 9.55 Å². The molecule has 0 amide bonds. The monoisotopic (exact) mass is 322 g/mol. The molecule has 0 aliphatic rings. The van der Waals surface area contributed by atoms with Gasteiger partial charge in [0, 0.05) is 6.54 Å². The Bertz CT molecular complexity index is 407. The van der Waals surface area contributed by atoms with Crippen molar-refractivity contribution in [3.8, 4) is 0 Å². The molecule has 0 saturated heterocycles. The van der Waals surface area contributed by atoms with Crippen molar-refractivity contribution in [3.05, 3.63) is 25.9 Å². The number of aryl methyl sites for hydroxylation is 2. The van der Waals surface area contributed by atoms with Crippen LogP contribution in [0.5, 0.6) is 0 Å². The summed E-state index contributed by atoms with van der Waals surface area (Å²) in [5, 5.41) is 9.56. The summed E-state index contributed by atoms with van der Waals surface area (Å²) in [6.45, 7) is 5.75. The first-order valence-corrected chi connectivity index (χ1v) is 5.83. The molecule has 0 saturated carbocycles. The minimum atomic E-state index is -0.754. The van der Waals surface area contributed by atoms with Gasteiger partial charge in [0.2, 0.25) is 0 Å². The van der Waals surface area contributed by atoms with E-state index in [-0.39, 0.29) is 5.56 Å². The number of aromatic nitrogens is 2. The fraction of sp³-hybridized carbons (Fsp3) is 0.600. The van der Waals surface area contributed by atoms with Crippen LogP contribution in [0.15, 0.2) is 11.1 Å². The van der Waals surface area contributed by atoms with Crippen LogP contribution in [-0.2, 0) is 6.54 Å². The van der Waals surface area contributed by atoms with Crippen LogP contribution < -0.4 is 5.56 Å². The molecule has 84 valence electrons. The van der Waals surface area contributed by atoms with E-state index >= 15 is 0 Å². The highest BCUT2D eigenvalue weighted by Crippen LogP contribution is 2.08. The van der Waals surface area contributed by atoms with Crippen molar-refractivity contribution in [3.63, 3.8) is 0 Å². The van der Waals surface area contributed by atoms with Crippen LogP contribution in [0.1, 0.15) is 26.0 Å². The molecule has 0 fully saturated rings. The van der Waals surface area contributed by atoms with E-state index in [9.17, 15) is 9.90 Å². The number of aliphatic hydroxyl groups is 1. The first-order chi connectivity index (χ1) is 6.81. The second-order valence-corrected chi connectivity index (χ2v) is 5.28. The van der Waals surface area contributed by atoms with Crippen LogP contribution in [0, 0.1) is 10.5 Å². The Morgan fingerprint density at radius 3 is 2.73 bits per heavy atom. The number of hydrogen-bond acceptors (Lipinski definition) is 3. The van der Waals surface area contributed by atoms with E-state index in [0.717, 1.165) is 5.69 Å². The van der Waals surface area contributed by atoms with E-state index in [4.69, 9.17) is 0 Å². The summed E-state index contributed by atoms with van der Waals surface area (Å²) in [6.07, 6.45) is 2.07. The Balaban J connectivity index is 2.89. The Labute approximate surface area is 102 Å². The van der Waals surface area contributed by atoms with Gasteiger partial charge in [0.05, 0.1) is 21.2 Å². The van der Waals surface area contributed by atoms with Gasteiger partial charge in [-0.3, -0.25) is 9.36 Å². The van der Waals surface area contributed by atoms with Crippen LogP contribution in [0.4, 0.5) is 0 Å². The summed E-state index contributed by atoms with van der Waals surface area (Å²) in [7, 11) is 0. The van der Waals surface area contributed by atoms with Crippen LogP contribution in [0.25, 0.3) is 0 Å². The van der Waals surface area contributed by atoms with E-state index in [1.54, 1.807) is 13.8 Å². The van der Waals surface area contributed by atoms with Gasteiger partial charge < -0.3 is 5.11 Å². The maximum atomic E-state index is 11.7. The van der Waals surface area contributed by atoms with Gasteiger partial charge >= 0.3 is 0 Å². The van der Waals surface area contributed by atoms with Crippen molar-refractivity contribution in [2.45, 2.75) is 39.3 Å². The number of rotatable bonds is 3. The molecule has 0 spiro atoms. The van der Waals surface area contributed by atoms with Gasteiger partial charge in [0.1, 0.15) is 0 Å². The Morgan fingerprint density at radius 2 is 2.20 bits per heavy atom. The third-order valence-corrected chi connectivity index (χ3v) is 3.36. The van der Waals surface area contributed by atoms with Gasteiger partial charge in [-0.25, -0.2) is 4.98 Å². The first-order valence-electron chi connectivity index (χ1n) is 4.75. The normalized spacial score (nSPS) is 11.8. The molecule has 1 aromatic heterocycles. The lowest BCUT2D eigenvalue weighted by Gasteiger charge is -2.17. The summed E-state index contributed by atoms with van der Waals surface area (Å²) in [4.78, 5) is 15.9. The average Bonchev–Trinajstić information content (AvgIpc) is 2.12. The molecule has 1 heterocycles. The quantitative estimate of drug-likeness (QED) is 0.854. The fourth-order valence-electron chi connectivity index (χ4n) is 1.10. The SMILES string of the molecule is Cc1ncn(CCC(C)(C)O)c(=O)c1I. The molecule has 0 unspecified atom stereocenters. The number of nitrogens with zero attached hydrogens (tertiary/aromatic N) is 2. The molecular weight excluding hydrogens is 307 g/mol. The Kier molecular flexibility index (Phi) is 3.88. The maximum absolute atomic E-state index is 11.7. The minimum Gasteiger partial charge on any atom is -0.390 e. The molecule has 15 heavy (non-hydrogen) atoms. The zero-order valence-corrected chi connectivity index (χ0v) is 11.3. The van der Waals surface area contributed by atoms with Crippen LogP contribution in [-0.4, -0.2) is 20.3 Å². The summed E-state index contributed by atoms with van der Waals surface area (Å²) >= 11 is 2.00. The van der Waals surface area contributed by atoms with E-state index in [2.05, 4.69) is 4.98 Å². The second-order valence-electron chi connectivity index (χ2n) is 4.20. The van der Waals surface area contributed by atoms with Gasteiger partial charge in [-0.1, -0.05) is 0 Å². The molecule has 0 aliphatic heterocycles. The Morgan fingerprint density at radius 1 is 1.60 bits per heavy atom. The molecule has 1 N–H and O–H groups in total. The predicted molar refractivity (Wildman–Crippen MR) is 66.9 cm³/mol. The summed E-state index contributed by atoms with van der Waals surface area (Å²) < 4.78 is 2.18. The Hall–Kier alpha value is -0.430. The van der Waals surface area contributed by atoms with Crippen LogP contribution >= 0.6 is 22.6 Å². The summed E-state index contributed by atoms with van der Waals surface area (Å²) in [5.74, 6) is 0. The molecule has 5 heteroatoms. The molecular formula is C10H15IN2O2. The average molecular weight is 322 g/mol. The molecule has 4 nitrogen and oxygen atoms in total. The van der Waals surface area contributed by atoms with Gasteiger partial charge in [0.25, 0.3) is 5.56 Å². The van der Waals surface area contributed by atoms with Gasteiger partial charge in [-0.05, 0) is 49.8 Å². The van der Waals surface area contributed by atoms with Crippen LogP contribution in [0.2, 0.25) is 0 Å². The van der Waals surface area contributed by atoms with Crippen molar-refractivity contribution in [2.75, 3.05) is 0 Å². The van der Waals surface area contributed by atoms with Crippen molar-refractivity contribution in [2.24, 2.45) is 0 Å². The van der Waals surface area contributed by atoms with Crippen molar-refractivity contribution >= 4 is 22.6 Å². The summed E-state index contributed by atoms with van der Waals surface area (Å²) in [5.41, 5.74) is -0.0390. The first kappa shape index (κ1) is 12.6.